The molecule has 5 nitrogen and oxygen atoms in total. The van der Waals surface area contributed by atoms with Crippen LogP contribution >= 0.6 is 11.3 Å². The molecule has 0 spiro atoms. The minimum absolute atomic E-state index is 0.392. The zero-order chi connectivity index (χ0) is 20.6. The highest BCUT2D eigenvalue weighted by Crippen LogP contribution is 2.30. The monoisotopic (exact) mass is 414 g/mol. The highest BCUT2D eigenvalue weighted by molar-refractivity contribution is 7.09. The van der Waals surface area contributed by atoms with Crippen LogP contribution in [-0.2, 0) is 19.1 Å². The van der Waals surface area contributed by atoms with Crippen molar-refractivity contribution >= 4 is 17.3 Å². The van der Waals surface area contributed by atoms with Crippen LogP contribution in [0.25, 0.3) is 0 Å². The Kier molecular flexibility index (Phi) is 8.10. The van der Waals surface area contributed by atoms with E-state index in [0.717, 1.165) is 28.0 Å². The number of nitrogens with zero attached hydrogens (tertiary/aromatic N) is 2. The number of nitrogens with one attached hydrogen (secondary N) is 2. The maximum atomic E-state index is 12.6. The van der Waals surface area contributed by atoms with Crippen molar-refractivity contribution in [2.45, 2.75) is 33.0 Å². The summed E-state index contributed by atoms with van der Waals surface area (Å²) in [7, 11) is 1.64. The van der Waals surface area contributed by atoms with E-state index in [9.17, 15) is 13.2 Å². The Morgan fingerprint density at radius 2 is 1.93 bits per heavy atom. The molecule has 1 aromatic carbocycles. The third-order valence-electron chi connectivity index (χ3n) is 3.66. The lowest BCUT2D eigenvalue weighted by Crippen LogP contribution is -2.37. The van der Waals surface area contributed by atoms with Crippen LogP contribution in [0.15, 0.2) is 34.6 Å². The van der Waals surface area contributed by atoms with Gasteiger partial charge in [-0.1, -0.05) is 26.0 Å². The molecule has 1 heterocycles. The highest BCUT2D eigenvalue weighted by atomic mass is 32.1. The number of alkyl halides is 3. The second-order valence-corrected chi connectivity index (χ2v) is 7.52. The van der Waals surface area contributed by atoms with Crippen LogP contribution in [0.2, 0.25) is 0 Å². The fourth-order valence-electron chi connectivity index (χ4n) is 2.22. The number of halogens is 3. The highest BCUT2D eigenvalue weighted by Gasteiger charge is 2.33. The minimum Gasteiger partial charge on any atom is -0.493 e. The standard InChI is InChI=1S/C19H25F3N4OS/c1-13(2)11-27-15-6-4-14(5-7-15)10-25-18(23-3)24-9-8-17-26-16(12-28-17)19(20,21)22/h4-7,12-13H,8-11H2,1-3H3,(H2,23,24,25). The van der Waals surface area contributed by atoms with Crippen molar-refractivity contribution in [3.8, 4) is 5.75 Å². The zero-order valence-electron chi connectivity index (χ0n) is 16.1. The van der Waals surface area contributed by atoms with Gasteiger partial charge in [0.15, 0.2) is 11.7 Å². The molecule has 0 saturated heterocycles. The Morgan fingerprint density at radius 3 is 2.50 bits per heavy atom. The Hall–Kier alpha value is -2.29. The van der Waals surface area contributed by atoms with Crippen LogP contribution in [0.1, 0.15) is 30.1 Å². The van der Waals surface area contributed by atoms with Gasteiger partial charge in [-0.3, -0.25) is 4.99 Å². The molecule has 0 atom stereocenters. The van der Waals surface area contributed by atoms with Crippen LogP contribution in [-0.4, -0.2) is 31.1 Å². The van der Waals surface area contributed by atoms with Crippen LogP contribution in [0.5, 0.6) is 5.75 Å². The molecule has 0 aliphatic rings. The number of rotatable bonds is 8. The van der Waals surface area contributed by atoms with Gasteiger partial charge in [-0.05, 0) is 23.6 Å². The molecule has 0 radical (unpaired) electrons. The first-order valence-corrected chi connectivity index (χ1v) is 9.83. The molecule has 154 valence electrons. The SMILES string of the molecule is CN=C(NCCc1nc(C(F)(F)F)cs1)NCc1ccc(OCC(C)C)cc1. The average Bonchev–Trinajstić information content (AvgIpc) is 3.13. The summed E-state index contributed by atoms with van der Waals surface area (Å²) in [5, 5.41) is 7.73. The van der Waals surface area contributed by atoms with Crippen LogP contribution in [0.4, 0.5) is 13.2 Å². The molecule has 0 aliphatic heterocycles. The first kappa shape index (κ1) is 22.0. The van der Waals surface area contributed by atoms with Gasteiger partial charge in [0, 0.05) is 31.9 Å². The molecule has 2 rings (SSSR count). The fourth-order valence-corrected chi connectivity index (χ4v) is 3.02. The van der Waals surface area contributed by atoms with Crippen LogP contribution < -0.4 is 15.4 Å². The molecule has 0 fully saturated rings. The van der Waals surface area contributed by atoms with E-state index in [1.165, 1.54) is 0 Å². The van der Waals surface area contributed by atoms with Gasteiger partial charge in [0.2, 0.25) is 0 Å². The lowest BCUT2D eigenvalue weighted by molar-refractivity contribution is -0.140. The predicted molar refractivity (Wildman–Crippen MR) is 106 cm³/mol. The van der Waals surface area contributed by atoms with E-state index >= 15 is 0 Å². The average molecular weight is 414 g/mol. The first-order valence-electron chi connectivity index (χ1n) is 8.95. The van der Waals surface area contributed by atoms with Gasteiger partial charge < -0.3 is 15.4 Å². The number of benzene rings is 1. The second-order valence-electron chi connectivity index (χ2n) is 6.58. The summed E-state index contributed by atoms with van der Waals surface area (Å²) >= 11 is 1.01. The van der Waals surface area contributed by atoms with Gasteiger partial charge in [0.25, 0.3) is 0 Å². The Morgan fingerprint density at radius 1 is 1.21 bits per heavy atom. The van der Waals surface area contributed by atoms with Crippen molar-refractivity contribution in [3.63, 3.8) is 0 Å². The third-order valence-corrected chi connectivity index (χ3v) is 4.57. The Labute approximate surface area is 167 Å². The van der Waals surface area contributed by atoms with Gasteiger partial charge >= 0.3 is 6.18 Å². The molecule has 1 aromatic heterocycles. The number of aromatic nitrogens is 1. The van der Waals surface area contributed by atoms with Crippen LogP contribution in [0, 0.1) is 5.92 Å². The summed E-state index contributed by atoms with van der Waals surface area (Å²) in [5.41, 5.74) is 0.227. The quantitative estimate of drug-likeness (QED) is 0.504. The summed E-state index contributed by atoms with van der Waals surface area (Å²) in [6.45, 7) is 5.88. The lowest BCUT2D eigenvalue weighted by Gasteiger charge is -2.12. The maximum absolute atomic E-state index is 12.6. The summed E-state index contributed by atoms with van der Waals surface area (Å²) in [6, 6.07) is 7.81. The van der Waals surface area contributed by atoms with E-state index in [2.05, 4.69) is 34.5 Å². The normalized spacial score (nSPS) is 12.3. The molecule has 9 heteroatoms. The fraction of sp³-hybridized carbons (Fsp3) is 0.474. The molecule has 28 heavy (non-hydrogen) atoms. The molecular weight excluding hydrogens is 389 g/mol. The largest absolute Gasteiger partial charge is 0.493 e. The summed E-state index contributed by atoms with van der Waals surface area (Å²) in [6.07, 6.45) is -4.00. The van der Waals surface area contributed by atoms with Crippen molar-refractivity contribution in [3.05, 3.63) is 45.9 Å². The zero-order valence-corrected chi connectivity index (χ0v) is 17.0. The molecule has 2 N–H and O–H groups in total. The maximum Gasteiger partial charge on any atom is 0.434 e. The van der Waals surface area contributed by atoms with Crippen molar-refractivity contribution in [2.75, 3.05) is 20.2 Å². The van der Waals surface area contributed by atoms with Gasteiger partial charge in [-0.25, -0.2) is 4.98 Å². The van der Waals surface area contributed by atoms with Crippen molar-refractivity contribution < 1.29 is 17.9 Å². The summed E-state index contributed by atoms with van der Waals surface area (Å²) in [5.74, 6) is 1.88. The minimum atomic E-state index is -4.39. The number of hydrogen-bond acceptors (Lipinski definition) is 4. The van der Waals surface area contributed by atoms with Crippen molar-refractivity contribution in [1.82, 2.24) is 15.6 Å². The summed E-state index contributed by atoms with van der Waals surface area (Å²) in [4.78, 5) is 7.73. The molecular formula is C19H25F3N4OS. The molecule has 0 aliphatic carbocycles. The smallest absolute Gasteiger partial charge is 0.434 e. The topological polar surface area (TPSA) is 58.5 Å². The number of hydrogen-bond donors (Lipinski definition) is 2. The van der Waals surface area contributed by atoms with E-state index in [4.69, 9.17) is 4.74 Å². The van der Waals surface area contributed by atoms with E-state index in [1.807, 2.05) is 24.3 Å². The van der Waals surface area contributed by atoms with Crippen molar-refractivity contribution in [2.24, 2.45) is 10.9 Å². The lowest BCUT2D eigenvalue weighted by atomic mass is 10.2. The molecule has 0 saturated carbocycles. The third kappa shape index (κ3) is 7.38. The van der Waals surface area contributed by atoms with E-state index < -0.39 is 11.9 Å². The molecule has 0 bridgehead atoms. The Bertz CT molecular complexity index is 757. The summed E-state index contributed by atoms with van der Waals surface area (Å²) < 4.78 is 43.3. The number of aliphatic imine (C=N–C) groups is 1. The van der Waals surface area contributed by atoms with Gasteiger partial charge in [-0.15, -0.1) is 11.3 Å². The predicted octanol–water partition coefficient (Wildman–Crippen LogP) is 4.10. The number of ether oxygens (including phenoxy) is 1. The molecule has 2 aromatic rings. The molecule has 0 amide bonds. The molecule has 0 unspecified atom stereocenters. The second kappa shape index (κ2) is 10.3. The van der Waals surface area contributed by atoms with E-state index in [0.29, 0.717) is 43.0 Å². The van der Waals surface area contributed by atoms with E-state index in [1.54, 1.807) is 7.05 Å². The number of thiazole rings is 1. The van der Waals surface area contributed by atoms with Gasteiger partial charge in [-0.2, -0.15) is 13.2 Å². The van der Waals surface area contributed by atoms with E-state index in [-0.39, 0.29) is 0 Å². The van der Waals surface area contributed by atoms with Gasteiger partial charge in [0.1, 0.15) is 5.75 Å². The Balaban J connectivity index is 1.74. The number of guanidine groups is 1. The van der Waals surface area contributed by atoms with Crippen LogP contribution in [0.3, 0.4) is 0 Å². The first-order chi connectivity index (χ1) is 13.3. The van der Waals surface area contributed by atoms with Gasteiger partial charge in [0.05, 0.1) is 11.6 Å². The van der Waals surface area contributed by atoms with Crippen molar-refractivity contribution in [1.29, 1.82) is 0 Å².